The van der Waals surface area contributed by atoms with Gasteiger partial charge >= 0.3 is 5.97 Å². The van der Waals surface area contributed by atoms with Crippen LogP contribution in [-0.2, 0) is 7.05 Å². The minimum atomic E-state index is -1.03. The van der Waals surface area contributed by atoms with Crippen LogP contribution in [0.4, 0.5) is 0 Å². The van der Waals surface area contributed by atoms with E-state index in [0.29, 0.717) is 5.56 Å². The van der Waals surface area contributed by atoms with Crippen LogP contribution in [0.3, 0.4) is 0 Å². The molecule has 3 heterocycles. The van der Waals surface area contributed by atoms with Gasteiger partial charge in [0.2, 0.25) is 0 Å². The largest absolute Gasteiger partial charge is 0.477 e. The summed E-state index contributed by atoms with van der Waals surface area (Å²) in [5.41, 5.74) is 2.82. The third-order valence-electron chi connectivity index (χ3n) is 3.32. The lowest BCUT2D eigenvalue weighted by Gasteiger charge is -1.97. The Kier molecular flexibility index (Phi) is 4.35. The summed E-state index contributed by atoms with van der Waals surface area (Å²) in [7, 11) is 1.81. The van der Waals surface area contributed by atoms with E-state index in [-0.39, 0.29) is 10.7 Å². The number of hydrogen-bond donors (Lipinski definition) is 1. The van der Waals surface area contributed by atoms with Crippen LogP contribution in [0.2, 0.25) is 0 Å². The minimum Gasteiger partial charge on any atom is -0.477 e. The van der Waals surface area contributed by atoms with Gasteiger partial charge in [-0.2, -0.15) is 5.10 Å². The van der Waals surface area contributed by atoms with Gasteiger partial charge in [0, 0.05) is 47.7 Å². The summed E-state index contributed by atoms with van der Waals surface area (Å²) in [6.45, 7) is 0. The van der Waals surface area contributed by atoms with E-state index in [1.54, 1.807) is 28.5 Å². The fraction of sp³-hybridized carbons (Fsp3) is 0.0588. The van der Waals surface area contributed by atoms with Crippen molar-refractivity contribution in [3.8, 4) is 11.3 Å². The first-order valence-electron chi connectivity index (χ1n) is 7.03. The summed E-state index contributed by atoms with van der Waals surface area (Å²) in [5, 5.41) is 14.9. The predicted molar refractivity (Wildman–Crippen MR) is 91.1 cm³/mol. The summed E-state index contributed by atoms with van der Waals surface area (Å²) in [6, 6.07) is 5.08. The zero-order valence-electron chi connectivity index (χ0n) is 12.7. The molecule has 0 saturated carbocycles. The smallest absolute Gasteiger partial charge is 0.345 e. The van der Waals surface area contributed by atoms with Crippen molar-refractivity contribution >= 4 is 29.2 Å². The number of aromatic carboxylic acids is 1. The van der Waals surface area contributed by atoms with Gasteiger partial charge in [0.05, 0.1) is 5.69 Å². The van der Waals surface area contributed by atoms with E-state index in [1.807, 2.05) is 25.4 Å². The first-order valence-corrected chi connectivity index (χ1v) is 7.91. The SMILES string of the molecule is Cn1cc(/C=C/C(=O)c2csc(C(=O)O)c2)c(-c2ccncc2)n1. The predicted octanol–water partition coefficient (Wildman–Crippen LogP) is 3.14. The number of rotatable bonds is 5. The topological polar surface area (TPSA) is 85.1 Å². The number of ketones is 1. The second-order valence-corrected chi connectivity index (χ2v) is 5.96. The van der Waals surface area contributed by atoms with Gasteiger partial charge in [0.15, 0.2) is 5.78 Å². The molecule has 0 aliphatic rings. The quantitative estimate of drug-likeness (QED) is 0.570. The van der Waals surface area contributed by atoms with Crippen molar-refractivity contribution in [3.05, 3.63) is 64.2 Å². The molecule has 0 aliphatic heterocycles. The number of carbonyl (C=O) groups excluding carboxylic acids is 1. The Bertz CT molecular complexity index is 926. The number of aryl methyl sites for hydroxylation is 1. The number of pyridine rings is 1. The van der Waals surface area contributed by atoms with Crippen LogP contribution in [0, 0.1) is 0 Å². The number of thiophene rings is 1. The van der Waals surface area contributed by atoms with Gasteiger partial charge in [-0.15, -0.1) is 11.3 Å². The zero-order valence-corrected chi connectivity index (χ0v) is 13.5. The van der Waals surface area contributed by atoms with E-state index in [2.05, 4.69) is 10.1 Å². The van der Waals surface area contributed by atoms with Gasteiger partial charge in [-0.1, -0.05) is 0 Å². The number of aromatic nitrogens is 3. The first-order chi connectivity index (χ1) is 11.5. The Morgan fingerprint density at radius 3 is 2.71 bits per heavy atom. The molecule has 0 unspecified atom stereocenters. The number of carboxylic acids is 1. The molecule has 0 saturated heterocycles. The van der Waals surface area contributed by atoms with Crippen LogP contribution in [0.1, 0.15) is 25.6 Å². The van der Waals surface area contributed by atoms with Crippen molar-refractivity contribution in [2.24, 2.45) is 7.05 Å². The Morgan fingerprint density at radius 1 is 1.29 bits per heavy atom. The summed E-state index contributed by atoms with van der Waals surface area (Å²) in [5.74, 6) is -1.28. The zero-order chi connectivity index (χ0) is 17.1. The molecule has 0 radical (unpaired) electrons. The maximum atomic E-state index is 12.2. The molecule has 0 bridgehead atoms. The van der Waals surface area contributed by atoms with Gasteiger partial charge in [-0.3, -0.25) is 14.5 Å². The average molecular weight is 339 g/mol. The highest BCUT2D eigenvalue weighted by atomic mass is 32.1. The summed E-state index contributed by atoms with van der Waals surface area (Å²) in [6.07, 6.45) is 8.29. The molecular weight excluding hydrogens is 326 g/mol. The summed E-state index contributed by atoms with van der Waals surface area (Å²) >= 11 is 1.03. The van der Waals surface area contributed by atoms with Crippen LogP contribution in [0.5, 0.6) is 0 Å². The van der Waals surface area contributed by atoms with Gasteiger partial charge in [-0.05, 0) is 30.4 Å². The third-order valence-corrected chi connectivity index (χ3v) is 4.24. The molecule has 6 nitrogen and oxygen atoms in total. The number of carboxylic acid groups (broad SMARTS) is 1. The Balaban J connectivity index is 1.86. The fourth-order valence-corrected chi connectivity index (χ4v) is 2.94. The van der Waals surface area contributed by atoms with E-state index < -0.39 is 5.97 Å². The van der Waals surface area contributed by atoms with Crippen molar-refractivity contribution in [1.82, 2.24) is 14.8 Å². The first kappa shape index (κ1) is 15.8. The molecule has 24 heavy (non-hydrogen) atoms. The lowest BCUT2D eigenvalue weighted by atomic mass is 10.1. The van der Waals surface area contributed by atoms with Gasteiger partial charge < -0.3 is 5.11 Å². The van der Waals surface area contributed by atoms with Gasteiger partial charge in [0.25, 0.3) is 0 Å². The van der Waals surface area contributed by atoms with E-state index in [4.69, 9.17) is 5.11 Å². The monoisotopic (exact) mass is 339 g/mol. The molecular formula is C17H13N3O3S. The van der Waals surface area contributed by atoms with Crippen molar-refractivity contribution in [1.29, 1.82) is 0 Å². The maximum absolute atomic E-state index is 12.2. The Labute approximate surface area is 141 Å². The molecule has 0 spiro atoms. The van der Waals surface area contributed by atoms with Crippen molar-refractivity contribution in [2.75, 3.05) is 0 Å². The van der Waals surface area contributed by atoms with E-state index in [1.165, 1.54) is 12.1 Å². The van der Waals surface area contributed by atoms with Crippen LogP contribution in [0.15, 0.2) is 48.2 Å². The molecule has 3 aromatic heterocycles. The highest BCUT2D eigenvalue weighted by molar-refractivity contribution is 7.12. The van der Waals surface area contributed by atoms with Crippen molar-refractivity contribution < 1.29 is 14.7 Å². The molecule has 3 aromatic rings. The second-order valence-electron chi connectivity index (χ2n) is 5.04. The number of nitrogens with zero attached hydrogens (tertiary/aromatic N) is 3. The molecule has 0 fully saturated rings. The fourth-order valence-electron chi connectivity index (χ4n) is 2.20. The molecule has 120 valence electrons. The molecule has 0 atom stereocenters. The van der Waals surface area contributed by atoms with Crippen LogP contribution >= 0.6 is 11.3 Å². The molecule has 1 N–H and O–H groups in total. The highest BCUT2D eigenvalue weighted by Crippen LogP contribution is 2.23. The van der Waals surface area contributed by atoms with Crippen molar-refractivity contribution in [2.45, 2.75) is 0 Å². The maximum Gasteiger partial charge on any atom is 0.345 e. The standard InChI is InChI=1S/C17H13N3O3S/c1-20-9-12(16(19-20)11-4-6-18-7-5-11)2-3-14(21)13-8-15(17(22)23)24-10-13/h2-10H,1H3,(H,22,23)/b3-2+. The molecule has 0 aromatic carbocycles. The lowest BCUT2D eigenvalue weighted by Crippen LogP contribution is -1.94. The minimum absolute atomic E-state index is 0.144. The second kappa shape index (κ2) is 6.59. The molecule has 3 rings (SSSR count). The van der Waals surface area contributed by atoms with Crippen molar-refractivity contribution in [3.63, 3.8) is 0 Å². The van der Waals surface area contributed by atoms with Crippen LogP contribution in [0.25, 0.3) is 17.3 Å². The highest BCUT2D eigenvalue weighted by Gasteiger charge is 2.12. The Morgan fingerprint density at radius 2 is 2.04 bits per heavy atom. The third kappa shape index (κ3) is 3.31. The normalized spacial score (nSPS) is 11.0. The molecule has 0 amide bonds. The van der Waals surface area contributed by atoms with E-state index in [9.17, 15) is 9.59 Å². The van der Waals surface area contributed by atoms with Gasteiger partial charge in [0.1, 0.15) is 4.88 Å². The lowest BCUT2D eigenvalue weighted by molar-refractivity contribution is 0.0702. The number of carbonyl (C=O) groups is 2. The van der Waals surface area contributed by atoms with E-state index >= 15 is 0 Å². The molecule has 0 aliphatic carbocycles. The van der Waals surface area contributed by atoms with Crippen LogP contribution < -0.4 is 0 Å². The van der Waals surface area contributed by atoms with E-state index in [0.717, 1.165) is 28.2 Å². The average Bonchev–Trinajstić information content (AvgIpc) is 3.20. The Hall–Kier alpha value is -3.06. The van der Waals surface area contributed by atoms with Crippen LogP contribution in [-0.4, -0.2) is 31.6 Å². The van der Waals surface area contributed by atoms with Gasteiger partial charge in [-0.25, -0.2) is 4.79 Å². The summed E-state index contributed by atoms with van der Waals surface area (Å²) in [4.78, 5) is 27.2. The number of allylic oxidation sites excluding steroid dienone is 1. The summed E-state index contributed by atoms with van der Waals surface area (Å²) < 4.78 is 1.67. The molecule has 7 heteroatoms. The number of hydrogen-bond acceptors (Lipinski definition) is 5.